The summed E-state index contributed by atoms with van der Waals surface area (Å²) in [6.45, 7) is 1.86. The van der Waals surface area contributed by atoms with Gasteiger partial charge in [-0.2, -0.15) is 10.4 Å². The van der Waals surface area contributed by atoms with Crippen LogP contribution in [-0.2, 0) is 0 Å². The van der Waals surface area contributed by atoms with Crippen molar-refractivity contribution in [3.05, 3.63) is 52.8 Å². The molecule has 1 aromatic carbocycles. The zero-order chi connectivity index (χ0) is 13.4. The first-order chi connectivity index (χ1) is 9.22. The first-order valence-electron chi connectivity index (χ1n) is 5.71. The number of pyridine rings is 1. The van der Waals surface area contributed by atoms with Crippen molar-refractivity contribution in [2.24, 2.45) is 0 Å². The Hall–Kier alpha value is -2.38. The van der Waals surface area contributed by atoms with Gasteiger partial charge in [0.05, 0.1) is 27.4 Å². The second kappa shape index (κ2) is 4.38. The number of nitrogens with zero attached hydrogens (tertiary/aromatic N) is 4. The van der Waals surface area contributed by atoms with Gasteiger partial charge in [-0.15, -0.1) is 0 Å². The monoisotopic (exact) mass is 268 g/mol. The molecule has 0 N–H and O–H groups in total. The summed E-state index contributed by atoms with van der Waals surface area (Å²) in [6, 6.07) is 11.7. The molecule has 0 unspecified atom stereocenters. The Kier molecular flexibility index (Phi) is 2.69. The Bertz CT molecular complexity index is 800. The Labute approximate surface area is 114 Å². The summed E-state index contributed by atoms with van der Waals surface area (Å²) in [5.74, 6) is 0. The predicted octanol–water partition coefficient (Wildman–Crippen LogP) is 3.25. The maximum Gasteiger partial charge on any atom is 0.164 e. The van der Waals surface area contributed by atoms with Gasteiger partial charge in [0, 0.05) is 6.20 Å². The van der Waals surface area contributed by atoms with Crippen LogP contribution in [0.4, 0.5) is 0 Å². The molecule has 4 nitrogen and oxygen atoms in total. The van der Waals surface area contributed by atoms with Crippen LogP contribution in [0.2, 0.25) is 5.02 Å². The lowest BCUT2D eigenvalue weighted by atomic mass is 10.2. The normalized spacial score (nSPS) is 10.6. The van der Waals surface area contributed by atoms with Crippen molar-refractivity contribution in [3.63, 3.8) is 0 Å². The molecule has 3 rings (SSSR count). The predicted molar refractivity (Wildman–Crippen MR) is 73.3 cm³/mol. The van der Waals surface area contributed by atoms with Gasteiger partial charge in [0.25, 0.3) is 0 Å². The number of nitriles is 1. The van der Waals surface area contributed by atoms with Crippen molar-refractivity contribution in [3.8, 4) is 11.8 Å². The largest absolute Gasteiger partial charge is 0.235 e. The van der Waals surface area contributed by atoms with E-state index in [-0.39, 0.29) is 0 Å². The van der Waals surface area contributed by atoms with Crippen molar-refractivity contribution in [2.75, 3.05) is 0 Å². The Balaban J connectivity index is 2.37. The van der Waals surface area contributed by atoms with Gasteiger partial charge in [-0.3, -0.25) is 0 Å². The van der Waals surface area contributed by atoms with Crippen molar-refractivity contribution in [2.45, 2.75) is 6.92 Å². The molecule has 92 valence electrons. The highest BCUT2D eigenvalue weighted by atomic mass is 35.5. The van der Waals surface area contributed by atoms with Crippen molar-refractivity contribution < 1.29 is 0 Å². The minimum atomic E-state index is 0.366. The van der Waals surface area contributed by atoms with Crippen molar-refractivity contribution in [1.29, 1.82) is 5.26 Å². The molecule has 0 atom stereocenters. The second-order valence-electron chi connectivity index (χ2n) is 4.13. The third kappa shape index (κ3) is 1.76. The van der Waals surface area contributed by atoms with E-state index in [0.717, 1.165) is 16.8 Å². The quantitative estimate of drug-likeness (QED) is 0.681. The number of hydrogen-bond acceptors (Lipinski definition) is 3. The molecule has 0 amide bonds. The summed E-state index contributed by atoms with van der Waals surface area (Å²) in [6.07, 6.45) is 1.48. The van der Waals surface area contributed by atoms with Gasteiger partial charge in [-0.05, 0) is 19.1 Å². The number of para-hydroxylation sites is 1. The van der Waals surface area contributed by atoms with E-state index in [1.807, 2.05) is 43.3 Å². The molecule has 0 aliphatic carbocycles. The number of hydrogen-bond donors (Lipinski definition) is 0. The molecule has 5 heteroatoms. The minimum absolute atomic E-state index is 0.366. The Morgan fingerprint density at radius 2 is 2.00 bits per heavy atom. The van der Waals surface area contributed by atoms with E-state index in [0.29, 0.717) is 16.2 Å². The number of benzene rings is 1. The molecule has 0 fully saturated rings. The van der Waals surface area contributed by atoms with Crippen LogP contribution in [0.25, 0.3) is 16.7 Å². The zero-order valence-corrected chi connectivity index (χ0v) is 10.9. The lowest BCUT2D eigenvalue weighted by Gasteiger charge is -2.02. The maximum absolute atomic E-state index is 8.99. The molecule has 0 radical (unpaired) electrons. The van der Waals surface area contributed by atoms with Crippen molar-refractivity contribution in [1.82, 2.24) is 14.8 Å². The van der Waals surface area contributed by atoms with Crippen LogP contribution in [0.5, 0.6) is 0 Å². The first-order valence-corrected chi connectivity index (χ1v) is 6.09. The van der Waals surface area contributed by atoms with E-state index in [2.05, 4.69) is 10.1 Å². The fourth-order valence-corrected chi connectivity index (χ4v) is 2.35. The molecule has 0 aliphatic heterocycles. The molecule has 2 aromatic heterocycles. The van der Waals surface area contributed by atoms with Crippen LogP contribution in [0.15, 0.2) is 36.5 Å². The number of aryl methyl sites for hydroxylation is 1. The van der Waals surface area contributed by atoms with E-state index in [1.54, 1.807) is 4.68 Å². The maximum atomic E-state index is 8.99. The van der Waals surface area contributed by atoms with Gasteiger partial charge in [0.1, 0.15) is 6.07 Å². The SMILES string of the molecule is Cc1nn(-c2ccccc2)c2ncc(C#N)c(Cl)c12. The van der Waals surface area contributed by atoms with E-state index in [9.17, 15) is 0 Å². The van der Waals surface area contributed by atoms with Gasteiger partial charge in [0.2, 0.25) is 0 Å². The van der Waals surface area contributed by atoms with Crippen LogP contribution >= 0.6 is 11.6 Å². The van der Waals surface area contributed by atoms with Gasteiger partial charge in [-0.1, -0.05) is 29.8 Å². The number of halogens is 1. The average molecular weight is 269 g/mol. The highest BCUT2D eigenvalue weighted by Crippen LogP contribution is 2.29. The highest BCUT2D eigenvalue weighted by molar-refractivity contribution is 6.36. The van der Waals surface area contributed by atoms with E-state index < -0.39 is 0 Å². The van der Waals surface area contributed by atoms with Crippen LogP contribution < -0.4 is 0 Å². The molecule has 0 saturated carbocycles. The molecule has 0 spiro atoms. The summed E-state index contributed by atoms with van der Waals surface area (Å²) in [7, 11) is 0. The second-order valence-corrected chi connectivity index (χ2v) is 4.51. The molecule has 19 heavy (non-hydrogen) atoms. The number of fused-ring (bicyclic) bond motifs is 1. The Morgan fingerprint density at radius 3 is 2.68 bits per heavy atom. The zero-order valence-electron chi connectivity index (χ0n) is 10.1. The standard InChI is InChI=1S/C14H9ClN4/c1-9-12-13(15)10(7-16)8-17-14(12)19(18-9)11-5-3-2-4-6-11/h2-6,8H,1H3. The topological polar surface area (TPSA) is 54.5 Å². The summed E-state index contributed by atoms with van der Waals surface area (Å²) in [5.41, 5.74) is 2.69. The first kappa shape index (κ1) is 11.7. The van der Waals surface area contributed by atoms with Crippen LogP contribution in [0, 0.1) is 18.3 Å². The van der Waals surface area contributed by atoms with Crippen LogP contribution in [0.3, 0.4) is 0 Å². The fraction of sp³-hybridized carbons (Fsp3) is 0.0714. The summed E-state index contributed by atoms with van der Waals surface area (Å²) in [5, 5.41) is 14.6. The van der Waals surface area contributed by atoms with E-state index in [1.165, 1.54) is 6.20 Å². The summed E-state index contributed by atoms with van der Waals surface area (Å²) in [4.78, 5) is 4.30. The lowest BCUT2D eigenvalue weighted by molar-refractivity contribution is 0.877. The van der Waals surface area contributed by atoms with Gasteiger partial charge in [0.15, 0.2) is 5.65 Å². The average Bonchev–Trinajstić information content (AvgIpc) is 2.78. The lowest BCUT2D eigenvalue weighted by Crippen LogP contribution is -1.97. The third-order valence-corrected chi connectivity index (χ3v) is 3.32. The highest BCUT2D eigenvalue weighted by Gasteiger charge is 2.15. The molecule has 0 saturated heterocycles. The van der Waals surface area contributed by atoms with Crippen LogP contribution in [-0.4, -0.2) is 14.8 Å². The van der Waals surface area contributed by atoms with E-state index in [4.69, 9.17) is 16.9 Å². The molecule has 2 heterocycles. The fourth-order valence-electron chi connectivity index (χ4n) is 2.04. The van der Waals surface area contributed by atoms with Gasteiger partial charge >= 0.3 is 0 Å². The molecule has 3 aromatic rings. The Morgan fingerprint density at radius 1 is 1.26 bits per heavy atom. The molecular weight excluding hydrogens is 260 g/mol. The third-order valence-electron chi connectivity index (χ3n) is 2.93. The number of aromatic nitrogens is 3. The summed E-state index contributed by atoms with van der Waals surface area (Å²) < 4.78 is 1.73. The molecular formula is C14H9ClN4. The van der Waals surface area contributed by atoms with Crippen molar-refractivity contribution >= 4 is 22.6 Å². The molecule has 0 aliphatic rings. The summed E-state index contributed by atoms with van der Waals surface area (Å²) >= 11 is 6.23. The smallest absolute Gasteiger partial charge is 0.164 e. The number of rotatable bonds is 1. The van der Waals surface area contributed by atoms with E-state index >= 15 is 0 Å². The van der Waals surface area contributed by atoms with Gasteiger partial charge in [-0.25, -0.2) is 9.67 Å². The minimum Gasteiger partial charge on any atom is -0.235 e. The van der Waals surface area contributed by atoms with Crippen LogP contribution in [0.1, 0.15) is 11.3 Å². The molecule has 0 bridgehead atoms. The van der Waals surface area contributed by atoms with Gasteiger partial charge < -0.3 is 0 Å².